The molecule has 6 aromatic carbocycles. The van der Waals surface area contributed by atoms with Crippen LogP contribution in [0.1, 0.15) is 56.4 Å². The van der Waals surface area contributed by atoms with Gasteiger partial charge in [-0.3, -0.25) is 0 Å². The molecule has 0 bridgehead atoms. The van der Waals surface area contributed by atoms with Crippen LogP contribution in [0.5, 0.6) is 0 Å². The molecule has 52 heavy (non-hydrogen) atoms. The SMILES string of the molecule is CCC1C=C(C(C)(C)C)C=[C]1[Zr+2](=[C](c1ccccc1)c1ccccc1)[c]1c(-c2ccccc2)ccc2c1Cc1cc(-c3ccccc3)ccc1-2.[Cl-].[Cl-]. The Hall–Kier alpha value is -3.87. The van der Waals surface area contributed by atoms with Gasteiger partial charge in [-0.15, -0.1) is 0 Å². The summed E-state index contributed by atoms with van der Waals surface area (Å²) >= 11 is -3.04. The zero-order chi connectivity index (χ0) is 34.2. The van der Waals surface area contributed by atoms with E-state index in [2.05, 4.69) is 192 Å². The van der Waals surface area contributed by atoms with Gasteiger partial charge in [-0.1, -0.05) is 0 Å². The zero-order valence-corrected chi connectivity index (χ0v) is 34.3. The van der Waals surface area contributed by atoms with Crippen molar-refractivity contribution in [2.24, 2.45) is 11.3 Å². The van der Waals surface area contributed by atoms with Gasteiger partial charge in [0.25, 0.3) is 0 Å². The molecule has 0 aromatic heterocycles. The van der Waals surface area contributed by atoms with Crippen molar-refractivity contribution in [1.82, 2.24) is 0 Å². The zero-order valence-electron chi connectivity index (χ0n) is 30.3. The third-order valence-corrected chi connectivity index (χ3v) is 18.5. The van der Waals surface area contributed by atoms with Crippen LogP contribution in [-0.2, 0) is 27.7 Å². The summed E-state index contributed by atoms with van der Waals surface area (Å²) in [5.74, 6) is 0.439. The predicted molar refractivity (Wildman–Crippen MR) is 211 cm³/mol. The van der Waals surface area contributed by atoms with Gasteiger partial charge < -0.3 is 24.8 Å². The van der Waals surface area contributed by atoms with E-state index in [1.807, 2.05) is 0 Å². The van der Waals surface area contributed by atoms with Gasteiger partial charge in [0.05, 0.1) is 0 Å². The Kier molecular flexibility index (Phi) is 11.7. The van der Waals surface area contributed by atoms with E-state index in [0.29, 0.717) is 5.92 Å². The standard InChI is InChI=1S/C25H17.C13H10.C11H17.2ClH.Zr/c1-3-7-18(8-4-1)20-11-13-24-22(15-20)17-23-16-21(12-14-25(23)24)19-9-5-2-6-10-19;1-3-7-12(8-4-1)11-13-9-5-2-6-10-13;1-5-9-6-7-10(8-9)11(2,3)4;;;/h1-15H,17H2;1-10H;7-9H,5H2,1-4H3;2*1H;/q;;;;;+2/p-2. The van der Waals surface area contributed by atoms with Crippen LogP contribution in [0.2, 0.25) is 0 Å². The molecular weight excluding hydrogens is 751 g/mol. The Morgan fingerprint density at radius 2 is 1.12 bits per heavy atom. The van der Waals surface area contributed by atoms with Crippen LogP contribution in [0.4, 0.5) is 0 Å². The molecular formula is C49H44Cl2Zr. The summed E-state index contributed by atoms with van der Waals surface area (Å²) in [5.41, 5.74) is 15.4. The Labute approximate surface area is 330 Å². The number of hydrogen-bond donors (Lipinski definition) is 0. The van der Waals surface area contributed by atoms with Crippen molar-refractivity contribution in [2.45, 2.75) is 40.5 Å². The fraction of sp³-hybridized carbons (Fsp3) is 0.163. The van der Waals surface area contributed by atoms with E-state index in [-0.39, 0.29) is 30.2 Å². The molecule has 0 heterocycles. The average Bonchev–Trinajstić information content (AvgIpc) is 3.77. The Bertz CT molecular complexity index is 2240. The van der Waals surface area contributed by atoms with Gasteiger partial charge in [0.1, 0.15) is 0 Å². The van der Waals surface area contributed by atoms with Crippen LogP contribution in [-0.4, -0.2) is 3.21 Å². The minimum atomic E-state index is -3.04. The van der Waals surface area contributed by atoms with Crippen molar-refractivity contribution in [3.8, 4) is 33.4 Å². The smallest absolute Gasteiger partial charge is 1.00 e. The molecule has 0 spiro atoms. The second-order valence-electron chi connectivity index (χ2n) is 14.8. The van der Waals surface area contributed by atoms with Gasteiger partial charge in [0.15, 0.2) is 0 Å². The number of rotatable bonds is 7. The normalized spacial score (nSPS) is 14.1. The number of allylic oxidation sites excluding steroid dienone is 4. The summed E-state index contributed by atoms with van der Waals surface area (Å²) in [6, 6.07) is 56.8. The van der Waals surface area contributed by atoms with E-state index in [0.717, 1.165) is 12.8 Å². The van der Waals surface area contributed by atoms with Crippen molar-refractivity contribution < 1.29 is 46.1 Å². The Balaban J connectivity index is 0.00000232. The van der Waals surface area contributed by atoms with Crippen molar-refractivity contribution in [3.63, 3.8) is 0 Å². The summed E-state index contributed by atoms with van der Waals surface area (Å²) in [7, 11) is 0. The molecule has 0 aliphatic heterocycles. The van der Waals surface area contributed by atoms with Crippen LogP contribution in [0.25, 0.3) is 33.4 Å². The van der Waals surface area contributed by atoms with Crippen LogP contribution < -0.4 is 28.1 Å². The summed E-state index contributed by atoms with van der Waals surface area (Å²) < 4.78 is 4.92. The maximum Gasteiger partial charge on any atom is -1.00 e. The number of hydrogen-bond acceptors (Lipinski definition) is 0. The molecule has 0 N–H and O–H groups in total. The molecule has 1 unspecified atom stereocenters. The molecule has 1 atom stereocenters. The third-order valence-electron chi connectivity index (χ3n) is 10.6. The topological polar surface area (TPSA) is 0 Å². The second kappa shape index (κ2) is 16.0. The van der Waals surface area contributed by atoms with Crippen molar-refractivity contribution in [2.75, 3.05) is 0 Å². The summed E-state index contributed by atoms with van der Waals surface area (Å²) in [4.78, 5) is 0. The molecule has 2 aliphatic carbocycles. The minimum absolute atomic E-state index is 0. The molecule has 0 radical (unpaired) electrons. The van der Waals surface area contributed by atoms with Gasteiger partial charge >= 0.3 is 308 Å². The van der Waals surface area contributed by atoms with Gasteiger partial charge in [-0.25, -0.2) is 0 Å². The van der Waals surface area contributed by atoms with Crippen LogP contribution in [0.3, 0.4) is 0 Å². The second-order valence-corrected chi connectivity index (χ2v) is 20.5. The van der Waals surface area contributed by atoms with Gasteiger partial charge in [0, 0.05) is 0 Å². The van der Waals surface area contributed by atoms with E-state index in [1.54, 1.807) is 15.3 Å². The van der Waals surface area contributed by atoms with Gasteiger partial charge in [-0.2, -0.15) is 0 Å². The monoisotopic (exact) mass is 792 g/mol. The van der Waals surface area contributed by atoms with Crippen molar-refractivity contribution in [1.29, 1.82) is 0 Å². The number of benzene rings is 6. The maximum atomic E-state index is 2.67. The third kappa shape index (κ3) is 7.21. The molecule has 3 heteroatoms. The first-order chi connectivity index (χ1) is 24.4. The average molecular weight is 795 g/mol. The Morgan fingerprint density at radius 3 is 1.67 bits per heavy atom. The molecule has 0 saturated heterocycles. The molecule has 8 rings (SSSR count). The van der Waals surface area contributed by atoms with Gasteiger partial charge in [0.2, 0.25) is 0 Å². The van der Waals surface area contributed by atoms with E-state index >= 15 is 0 Å². The number of fused-ring (bicyclic) bond motifs is 3. The van der Waals surface area contributed by atoms with Gasteiger partial charge in [-0.05, 0) is 0 Å². The fourth-order valence-corrected chi connectivity index (χ4v) is 17.1. The first kappa shape index (κ1) is 37.9. The van der Waals surface area contributed by atoms with E-state index < -0.39 is 21.3 Å². The summed E-state index contributed by atoms with van der Waals surface area (Å²) in [6.45, 7) is 9.53. The molecule has 258 valence electrons. The largest absolute Gasteiger partial charge is 1.00 e. The van der Waals surface area contributed by atoms with Crippen molar-refractivity contribution >= 4 is 6.48 Å². The fourth-order valence-electron chi connectivity index (χ4n) is 8.00. The number of halogens is 2. The minimum Gasteiger partial charge on any atom is -1.00 e. The molecule has 0 amide bonds. The summed E-state index contributed by atoms with van der Waals surface area (Å²) in [6.07, 6.45) is 7.36. The Morgan fingerprint density at radius 1 is 0.596 bits per heavy atom. The van der Waals surface area contributed by atoms with E-state index in [9.17, 15) is 0 Å². The van der Waals surface area contributed by atoms with E-state index in [1.165, 1.54) is 55.6 Å². The first-order valence-electron chi connectivity index (χ1n) is 18.1. The van der Waals surface area contributed by atoms with Crippen LogP contribution in [0, 0.1) is 11.3 Å². The quantitative estimate of drug-likeness (QED) is 0.186. The summed E-state index contributed by atoms with van der Waals surface area (Å²) in [5, 5.41) is 0. The molecule has 0 fully saturated rings. The molecule has 0 nitrogen and oxygen atoms in total. The van der Waals surface area contributed by atoms with Crippen LogP contribution >= 0.6 is 0 Å². The molecule has 6 aromatic rings. The first-order valence-corrected chi connectivity index (χ1v) is 21.8. The van der Waals surface area contributed by atoms with Crippen molar-refractivity contribution in [3.05, 3.63) is 195 Å². The molecule has 0 saturated carbocycles. The van der Waals surface area contributed by atoms with E-state index in [4.69, 9.17) is 0 Å². The predicted octanol–water partition coefficient (Wildman–Crippen LogP) is 6.01. The molecule has 2 aliphatic rings. The maximum absolute atomic E-state index is 3.04. The van der Waals surface area contributed by atoms with Crippen LogP contribution in [0.15, 0.2) is 173 Å².